The normalized spacial score (nSPS) is 15.6. The lowest BCUT2D eigenvalue weighted by Crippen LogP contribution is -2.35. The molecule has 0 radical (unpaired) electrons. The third-order valence-electron chi connectivity index (χ3n) is 4.18. The molecular formula is C17H22N4O4S. The van der Waals surface area contributed by atoms with Gasteiger partial charge < -0.3 is 14.6 Å². The van der Waals surface area contributed by atoms with E-state index in [1.54, 1.807) is 12.1 Å². The predicted octanol–water partition coefficient (Wildman–Crippen LogP) is 2.17. The van der Waals surface area contributed by atoms with Crippen LogP contribution in [0.15, 0.2) is 40.0 Å². The SMILES string of the molecule is CN(C)c1ccc(NC(=O)c2ccc(S(=O)(=O)N3CCCCC3)o2)cn1. The van der Waals surface area contributed by atoms with Gasteiger partial charge in [0.15, 0.2) is 5.76 Å². The minimum absolute atomic E-state index is 0.0581. The average Bonchev–Trinajstić information content (AvgIpc) is 3.14. The maximum absolute atomic E-state index is 12.6. The van der Waals surface area contributed by atoms with Crippen molar-refractivity contribution < 1.29 is 17.6 Å². The van der Waals surface area contributed by atoms with E-state index in [1.165, 1.54) is 22.6 Å². The number of carbonyl (C=O) groups is 1. The zero-order valence-corrected chi connectivity index (χ0v) is 15.6. The number of aromatic nitrogens is 1. The van der Waals surface area contributed by atoms with E-state index in [4.69, 9.17) is 4.42 Å². The highest BCUT2D eigenvalue weighted by atomic mass is 32.2. The molecule has 0 aromatic carbocycles. The van der Waals surface area contributed by atoms with Gasteiger partial charge in [-0.3, -0.25) is 4.79 Å². The third kappa shape index (κ3) is 3.88. The lowest BCUT2D eigenvalue weighted by molar-refractivity contribution is 0.0991. The molecule has 1 aliphatic rings. The van der Waals surface area contributed by atoms with Crippen LogP contribution in [0.1, 0.15) is 29.8 Å². The van der Waals surface area contributed by atoms with Crippen LogP contribution in [0.4, 0.5) is 11.5 Å². The van der Waals surface area contributed by atoms with Crippen LogP contribution in [-0.2, 0) is 10.0 Å². The summed E-state index contributed by atoms with van der Waals surface area (Å²) in [6, 6.07) is 6.18. The number of anilines is 2. The fourth-order valence-electron chi connectivity index (χ4n) is 2.73. The number of hydrogen-bond acceptors (Lipinski definition) is 6. The van der Waals surface area contributed by atoms with Gasteiger partial charge in [-0.15, -0.1) is 0 Å². The zero-order valence-electron chi connectivity index (χ0n) is 14.8. The van der Waals surface area contributed by atoms with Gasteiger partial charge in [-0.05, 0) is 37.1 Å². The van der Waals surface area contributed by atoms with Crippen molar-refractivity contribution in [2.75, 3.05) is 37.4 Å². The van der Waals surface area contributed by atoms with Crippen molar-refractivity contribution in [3.05, 3.63) is 36.2 Å². The largest absolute Gasteiger partial charge is 0.438 e. The van der Waals surface area contributed by atoms with Crippen molar-refractivity contribution in [1.82, 2.24) is 9.29 Å². The molecule has 1 saturated heterocycles. The maximum atomic E-state index is 12.6. The van der Waals surface area contributed by atoms with Crippen molar-refractivity contribution in [2.24, 2.45) is 0 Å². The van der Waals surface area contributed by atoms with Gasteiger partial charge >= 0.3 is 0 Å². The molecule has 3 heterocycles. The molecule has 0 spiro atoms. The first-order valence-electron chi connectivity index (χ1n) is 8.42. The number of furan rings is 1. The van der Waals surface area contributed by atoms with Gasteiger partial charge in [0, 0.05) is 27.2 Å². The lowest BCUT2D eigenvalue weighted by Gasteiger charge is -2.24. The Balaban J connectivity index is 1.71. The highest BCUT2D eigenvalue weighted by molar-refractivity contribution is 7.89. The maximum Gasteiger partial charge on any atom is 0.291 e. The Morgan fingerprint density at radius 1 is 1.15 bits per heavy atom. The van der Waals surface area contributed by atoms with Crippen LogP contribution in [-0.4, -0.2) is 50.8 Å². The molecule has 0 aliphatic carbocycles. The molecular weight excluding hydrogens is 356 g/mol. The van der Waals surface area contributed by atoms with Crippen molar-refractivity contribution in [2.45, 2.75) is 24.4 Å². The summed E-state index contributed by atoms with van der Waals surface area (Å²) in [6.45, 7) is 0.961. The van der Waals surface area contributed by atoms with Crippen LogP contribution < -0.4 is 10.2 Å². The van der Waals surface area contributed by atoms with Gasteiger partial charge in [-0.2, -0.15) is 4.31 Å². The Morgan fingerprint density at radius 2 is 1.88 bits per heavy atom. The summed E-state index contributed by atoms with van der Waals surface area (Å²) in [5, 5.41) is 2.44. The van der Waals surface area contributed by atoms with E-state index in [-0.39, 0.29) is 10.9 Å². The van der Waals surface area contributed by atoms with Crippen molar-refractivity contribution in [3.63, 3.8) is 0 Å². The first-order valence-corrected chi connectivity index (χ1v) is 9.86. The van der Waals surface area contributed by atoms with Crippen LogP contribution in [0.3, 0.4) is 0 Å². The summed E-state index contributed by atoms with van der Waals surface area (Å²) in [7, 11) is 0.0437. The third-order valence-corrected chi connectivity index (χ3v) is 5.95. The van der Waals surface area contributed by atoms with E-state index in [0.29, 0.717) is 18.8 Å². The van der Waals surface area contributed by atoms with E-state index in [1.807, 2.05) is 19.0 Å². The van der Waals surface area contributed by atoms with E-state index in [2.05, 4.69) is 10.3 Å². The predicted molar refractivity (Wildman–Crippen MR) is 97.8 cm³/mol. The molecule has 140 valence electrons. The van der Waals surface area contributed by atoms with Crippen LogP contribution in [0.25, 0.3) is 0 Å². The molecule has 9 heteroatoms. The van der Waals surface area contributed by atoms with Crippen molar-refractivity contribution in [3.8, 4) is 0 Å². The summed E-state index contributed by atoms with van der Waals surface area (Å²) in [5.74, 6) is 0.178. The Hall–Kier alpha value is -2.39. The zero-order chi connectivity index (χ0) is 18.7. The fraction of sp³-hybridized carbons (Fsp3) is 0.412. The van der Waals surface area contributed by atoms with Gasteiger partial charge in [0.2, 0.25) is 5.09 Å². The van der Waals surface area contributed by atoms with Crippen LogP contribution in [0.2, 0.25) is 0 Å². The number of hydrogen-bond donors (Lipinski definition) is 1. The monoisotopic (exact) mass is 378 g/mol. The van der Waals surface area contributed by atoms with E-state index in [9.17, 15) is 13.2 Å². The number of piperidine rings is 1. The molecule has 8 nitrogen and oxygen atoms in total. The fourth-order valence-corrected chi connectivity index (χ4v) is 4.16. The van der Waals surface area contributed by atoms with Gasteiger partial charge in [0.05, 0.1) is 11.9 Å². The Kier molecular flexibility index (Phi) is 5.28. The van der Waals surface area contributed by atoms with Gasteiger partial charge in [0.1, 0.15) is 5.82 Å². The summed E-state index contributed by atoms with van der Waals surface area (Å²) in [6.07, 6.45) is 4.23. The molecule has 1 aliphatic heterocycles. The number of rotatable bonds is 5. The number of amides is 1. The summed E-state index contributed by atoms with van der Waals surface area (Å²) < 4.78 is 31.9. The second-order valence-corrected chi connectivity index (χ2v) is 8.21. The van der Waals surface area contributed by atoms with E-state index >= 15 is 0 Å². The smallest absolute Gasteiger partial charge is 0.291 e. The summed E-state index contributed by atoms with van der Waals surface area (Å²) in [5.41, 5.74) is 0.498. The minimum Gasteiger partial charge on any atom is -0.438 e. The molecule has 2 aromatic rings. The molecule has 0 atom stereocenters. The van der Waals surface area contributed by atoms with Crippen LogP contribution >= 0.6 is 0 Å². The molecule has 1 fully saturated rings. The number of carbonyl (C=O) groups excluding carboxylic acids is 1. The van der Waals surface area contributed by atoms with Gasteiger partial charge in [-0.1, -0.05) is 6.42 Å². The van der Waals surface area contributed by atoms with Gasteiger partial charge in [-0.25, -0.2) is 13.4 Å². The molecule has 3 rings (SSSR count). The Morgan fingerprint density at radius 3 is 2.50 bits per heavy atom. The molecule has 0 saturated carbocycles. The van der Waals surface area contributed by atoms with E-state index in [0.717, 1.165) is 25.1 Å². The van der Waals surface area contributed by atoms with Crippen LogP contribution in [0, 0.1) is 0 Å². The van der Waals surface area contributed by atoms with Crippen molar-refractivity contribution in [1.29, 1.82) is 0 Å². The highest BCUT2D eigenvalue weighted by Crippen LogP contribution is 2.23. The van der Waals surface area contributed by atoms with Gasteiger partial charge in [0.25, 0.3) is 15.9 Å². The molecule has 0 bridgehead atoms. The summed E-state index contributed by atoms with van der Waals surface area (Å²) >= 11 is 0. The number of nitrogens with one attached hydrogen (secondary N) is 1. The molecule has 1 N–H and O–H groups in total. The molecule has 0 unspecified atom stereocenters. The lowest BCUT2D eigenvalue weighted by atomic mass is 10.2. The first kappa shape index (κ1) is 18.4. The topological polar surface area (TPSA) is 95.8 Å². The second-order valence-electron chi connectivity index (χ2n) is 6.34. The highest BCUT2D eigenvalue weighted by Gasteiger charge is 2.29. The Bertz CT molecular complexity index is 868. The number of sulfonamides is 1. The second kappa shape index (κ2) is 7.46. The quantitative estimate of drug-likeness (QED) is 0.857. The number of pyridine rings is 1. The average molecular weight is 378 g/mol. The standard InChI is InChI=1S/C17H22N4O4S/c1-20(2)15-8-6-13(12-18-15)19-17(22)14-7-9-16(25-14)26(23,24)21-10-4-3-5-11-21/h6-9,12H,3-5,10-11H2,1-2H3,(H,19,22). The molecule has 2 aromatic heterocycles. The first-order chi connectivity index (χ1) is 12.4. The molecule has 1 amide bonds. The minimum atomic E-state index is -3.69. The van der Waals surface area contributed by atoms with Crippen molar-refractivity contribution >= 4 is 27.4 Å². The molecule has 26 heavy (non-hydrogen) atoms. The summed E-state index contributed by atoms with van der Waals surface area (Å²) in [4.78, 5) is 18.3. The van der Waals surface area contributed by atoms with E-state index < -0.39 is 15.9 Å². The Labute approximate surface area is 152 Å². The van der Waals surface area contributed by atoms with Crippen LogP contribution in [0.5, 0.6) is 0 Å². The number of nitrogens with zero attached hydrogens (tertiary/aromatic N) is 3.